The van der Waals surface area contributed by atoms with Gasteiger partial charge in [-0.1, -0.05) is 65.7 Å². The number of halogens is 2. The molecule has 4 aromatic rings. The van der Waals surface area contributed by atoms with Gasteiger partial charge in [0.25, 0.3) is 0 Å². The molecule has 164 valence electrons. The van der Waals surface area contributed by atoms with Crippen LogP contribution in [0.3, 0.4) is 0 Å². The maximum Gasteiger partial charge on any atom is 0.321 e. The van der Waals surface area contributed by atoms with Gasteiger partial charge in [-0.05, 0) is 29.8 Å². The number of rotatable bonds is 9. The fraction of sp³-hybridized carbons (Fsp3) is 0.160. The molecule has 1 atom stereocenters. The van der Waals surface area contributed by atoms with Crippen LogP contribution >= 0.6 is 23.2 Å². The second-order valence-corrected chi connectivity index (χ2v) is 8.31. The smallest absolute Gasteiger partial charge is 0.321 e. The van der Waals surface area contributed by atoms with Crippen LogP contribution in [-0.2, 0) is 24.4 Å². The van der Waals surface area contributed by atoms with Gasteiger partial charge in [0, 0.05) is 51.2 Å². The molecule has 4 rings (SSSR count). The second-order valence-electron chi connectivity index (χ2n) is 7.47. The van der Waals surface area contributed by atoms with Gasteiger partial charge in [0.15, 0.2) is 0 Å². The number of H-pyrrole nitrogens is 1. The fourth-order valence-corrected chi connectivity index (χ4v) is 4.05. The summed E-state index contributed by atoms with van der Waals surface area (Å²) in [5.41, 5.74) is 3.64. The lowest BCUT2D eigenvalue weighted by Crippen LogP contribution is -2.38. The zero-order valence-corrected chi connectivity index (χ0v) is 18.7. The Labute approximate surface area is 195 Å². The number of nitrogens with one attached hydrogen (secondary N) is 2. The minimum absolute atomic E-state index is 0.282. The van der Waals surface area contributed by atoms with Crippen LogP contribution in [0.4, 0.5) is 0 Å². The van der Waals surface area contributed by atoms with Crippen LogP contribution in [0.2, 0.25) is 10.0 Å². The van der Waals surface area contributed by atoms with Gasteiger partial charge in [-0.2, -0.15) is 0 Å². The molecule has 0 fully saturated rings. The Balaban J connectivity index is 1.44. The van der Waals surface area contributed by atoms with Crippen LogP contribution in [0.15, 0.2) is 72.9 Å². The lowest BCUT2D eigenvalue weighted by atomic mass is 10.0. The van der Waals surface area contributed by atoms with Crippen molar-refractivity contribution in [3.8, 4) is 5.75 Å². The molecular weight excluding hydrogens is 447 g/mol. The Kier molecular flexibility index (Phi) is 7.00. The summed E-state index contributed by atoms with van der Waals surface area (Å²) >= 11 is 12.2. The summed E-state index contributed by atoms with van der Waals surface area (Å²) in [6, 6.07) is 19.9. The van der Waals surface area contributed by atoms with Crippen molar-refractivity contribution in [3.63, 3.8) is 0 Å². The molecule has 3 N–H and O–H groups in total. The summed E-state index contributed by atoms with van der Waals surface area (Å²) in [6.45, 7) is 0.633. The predicted octanol–water partition coefficient (Wildman–Crippen LogP) is 5.84. The summed E-state index contributed by atoms with van der Waals surface area (Å²) in [7, 11) is 0. The van der Waals surface area contributed by atoms with Crippen molar-refractivity contribution in [1.29, 1.82) is 0 Å². The Morgan fingerprint density at radius 1 is 1.00 bits per heavy atom. The van der Waals surface area contributed by atoms with Crippen LogP contribution < -0.4 is 10.1 Å². The van der Waals surface area contributed by atoms with E-state index in [1.165, 1.54) is 0 Å². The van der Waals surface area contributed by atoms with Crippen molar-refractivity contribution in [2.24, 2.45) is 0 Å². The molecule has 3 aromatic carbocycles. The van der Waals surface area contributed by atoms with Gasteiger partial charge in [-0.15, -0.1) is 0 Å². The number of aromatic nitrogens is 1. The third-order valence-electron chi connectivity index (χ3n) is 5.31. The van der Waals surface area contributed by atoms with Gasteiger partial charge in [-0.3, -0.25) is 10.1 Å². The molecule has 0 saturated carbocycles. The van der Waals surface area contributed by atoms with Crippen molar-refractivity contribution in [1.82, 2.24) is 10.3 Å². The van der Waals surface area contributed by atoms with E-state index >= 15 is 0 Å². The Hall–Kier alpha value is -2.99. The Bertz CT molecular complexity index is 1240. The van der Waals surface area contributed by atoms with Gasteiger partial charge in [0.2, 0.25) is 0 Å². The number of para-hydroxylation sites is 2. The third kappa shape index (κ3) is 5.25. The van der Waals surface area contributed by atoms with E-state index in [2.05, 4.69) is 10.3 Å². The zero-order chi connectivity index (χ0) is 22.5. The van der Waals surface area contributed by atoms with E-state index in [9.17, 15) is 9.90 Å². The molecule has 7 heteroatoms. The topological polar surface area (TPSA) is 74.3 Å². The number of aliphatic carboxylic acids is 1. The van der Waals surface area contributed by atoms with Crippen LogP contribution in [0.5, 0.6) is 5.75 Å². The summed E-state index contributed by atoms with van der Waals surface area (Å²) in [5.74, 6) is -0.233. The highest BCUT2D eigenvalue weighted by atomic mass is 35.5. The van der Waals surface area contributed by atoms with Gasteiger partial charge >= 0.3 is 5.97 Å². The molecule has 1 heterocycles. The van der Waals surface area contributed by atoms with E-state index in [4.69, 9.17) is 27.9 Å². The number of carboxylic acids is 1. The van der Waals surface area contributed by atoms with Crippen molar-refractivity contribution in [3.05, 3.63) is 99.7 Å². The van der Waals surface area contributed by atoms with Crippen LogP contribution in [0.25, 0.3) is 10.9 Å². The maximum atomic E-state index is 11.9. The Morgan fingerprint density at radius 2 is 1.78 bits per heavy atom. The fourth-order valence-electron chi connectivity index (χ4n) is 3.59. The summed E-state index contributed by atoms with van der Waals surface area (Å²) < 4.78 is 5.98. The molecule has 0 aliphatic heterocycles. The number of benzene rings is 3. The normalized spacial score (nSPS) is 12.1. The van der Waals surface area contributed by atoms with E-state index in [0.29, 0.717) is 28.8 Å². The molecular formula is C25H22Cl2N2O3. The number of carboxylic acid groups (broad SMARTS) is 1. The number of carbonyl (C=O) groups is 1. The monoisotopic (exact) mass is 468 g/mol. The van der Waals surface area contributed by atoms with Crippen LogP contribution in [0.1, 0.15) is 16.7 Å². The molecule has 32 heavy (non-hydrogen) atoms. The van der Waals surface area contributed by atoms with E-state index in [1.54, 1.807) is 12.1 Å². The lowest BCUT2D eigenvalue weighted by molar-refractivity contribution is -0.139. The maximum absolute atomic E-state index is 11.9. The highest BCUT2D eigenvalue weighted by Crippen LogP contribution is 2.25. The molecule has 0 bridgehead atoms. The summed E-state index contributed by atoms with van der Waals surface area (Å²) in [5, 5.41) is 15.1. The first-order chi connectivity index (χ1) is 15.5. The van der Waals surface area contributed by atoms with Crippen molar-refractivity contribution >= 4 is 40.1 Å². The van der Waals surface area contributed by atoms with Crippen LogP contribution in [-0.4, -0.2) is 22.1 Å². The largest absolute Gasteiger partial charge is 0.489 e. The van der Waals surface area contributed by atoms with E-state index < -0.39 is 12.0 Å². The number of fused-ring (bicyclic) bond motifs is 1. The molecule has 1 aromatic heterocycles. The van der Waals surface area contributed by atoms with Gasteiger partial charge < -0.3 is 14.8 Å². The summed E-state index contributed by atoms with van der Waals surface area (Å²) in [4.78, 5) is 15.1. The molecule has 0 saturated heterocycles. The van der Waals surface area contributed by atoms with Crippen molar-refractivity contribution < 1.29 is 14.6 Å². The molecule has 5 nitrogen and oxygen atoms in total. The number of aromatic amines is 1. The molecule has 0 amide bonds. The van der Waals surface area contributed by atoms with Gasteiger partial charge in [0.1, 0.15) is 18.4 Å². The third-order valence-corrected chi connectivity index (χ3v) is 5.89. The minimum atomic E-state index is -0.901. The number of hydrogen-bond donors (Lipinski definition) is 3. The highest BCUT2D eigenvalue weighted by molar-refractivity contribution is 6.35. The van der Waals surface area contributed by atoms with Crippen molar-refractivity contribution in [2.75, 3.05) is 0 Å². The van der Waals surface area contributed by atoms with Crippen molar-refractivity contribution in [2.45, 2.75) is 25.6 Å². The van der Waals surface area contributed by atoms with E-state index in [1.807, 2.05) is 60.8 Å². The molecule has 0 radical (unpaired) electrons. The molecule has 0 aliphatic carbocycles. The average Bonchev–Trinajstić information content (AvgIpc) is 3.19. The average molecular weight is 469 g/mol. The zero-order valence-electron chi connectivity index (χ0n) is 17.1. The number of hydrogen-bond acceptors (Lipinski definition) is 3. The molecule has 0 unspecified atom stereocenters. The van der Waals surface area contributed by atoms with Gasteiger partial charge in [0.05, 0.1) is 0 Å². The lowest BCUT2D eigenvalue weighted by Gasteiger charge is -2.17. The quantitative estimate of drug-likeness (QED) is 0.288. The molecule has 0 aliphatic rings. The predicted molar refractivity (Wildman–Crippen MR) is 128 cm³/mol. The molecule has 0 spiro atoms. The minimum Gasteiger partial charge on any atom is -0.489 e. The first-order valence-corrected chi connectivity index (χ1v) is 10.9. The standard InChI is InChI=1S/C25H22Cl2N2O3/c26-19-10-9-17(21(27)12-19)15-32-24-8-4-1-5-16(24)13-29-23(25(30)31)11-18-14-28-22-7-3-2-6-20(18)22/h1-10,12,14,23,28-29H,11,13,15H2,(H,30,31)/t23-/m1/s1. The number of ether oxygens (including phenoxy) is 1. The van der Waals surface area contributed by atoms with Gasteiger partial charge in [-0.25, -0.2) is 0 Å². The first kappa shape index (κ1) is 22.2. The second kappa shape index (κ2) is 10.1. The highest BCUT2D eigenvalue weighted by Gasteiger charge is 2.20. The SMILES string of the molecule is O=C(O)[C@@H](Cc1c[nH]c2ccccc12)NCc1ccccc1OCc1ccc(Cl)cc1Cl. The van der Waals surface area contributed by atoms with E-state index in [0.717, 1.165) is 27.6 Å². The first-order valence-electron chi connectivity index (χ1n) is 10.2. The van der Waals surface area contributed by atoms with Crippen LogP contribution in [0, 0.1) is 0 Å². The van der Waals surface area contributed by atoms with E-state index in [-0.39, 0.29) is 6.61 Å². The summed E-state index contributed by atoms with van der Waals surface area (Å²) in [6.07, 6.45) is 2.23. The Morgan fingerprint density at radius 3 is 2.59 bits per heavy atom.